The lowest BCUT2D eigenvalue weighted by atomic mass is 9.79. The monoisotopic (exact) mass is 485 g/mol. The van der Waals surface area contributed by atoms with E-state index < -0.39 is 0 Å². The Morgan fingerprint density at radius 3 is 2.58 bits per heavy atom. The van der Waals surface area contributed by atoms with Gasteiger partial charge in [-0.25, -0.2) is 9.97 Å². The molecular weight excluding hydrogens is 450 g/mol. The fourth-order valence-corrected chi connectivity index (χ4v) is 5.60. The Balaban J connectivity index is 1.35. The highest BCUT2D eigenvalue weighted by Gasteiger charge is 2.39. The highest BCUT2D eigenvalue weighted by atomic mass is 16.3. The average Bonchev–Trinajstić information content (AvgIpc) is 2.92. The molecule has 2 aromatic carbocycles. The SMILES string of the molecule is C[C@@H]1Cc2cnc(N[C@H](CO)c3ccccc3)nc2CN1C(=O)[C@H]1CCN(C)C[C@@H]1c1ccccc1. The fraction of sp³-hybridized carbons (Fsp3) is 0.414. The molecule has 0 aliphatic carbocycles. The van der Waals surface area contributed by atoms with Crippen molar-refractivity contribution >= 4 is 11.9 Å². The van der Waals surface area contributed by atoms with E-state index in [1.54, 1.807) is 0 Å². The van der Waals surface area contributed by atoms with Gasteiger partial charge in [0.15, 0.2) is 0 Å². The van der Waals surface area contributed by atoms with Gasteiger partial charge in [0, 0.05) is 30.6 Å². The van der Waals surface area contributed by atoms with Crippen molar-refractivity contribution in [1.29, 1.82) is 0 Å². The van der Waals surface area contributed by atoms with Gasteiger partial charge in [-0.15, -0.1) is 0 Å². The van der Waals surface area contributed by atoms with E-state index in [0.29, 0.717) is 12.5 Å². The number of carbonyl (C=O) groups excluding carboxylic acids is 1. The number of likely N-dealkylation sites (tertiary alicyclic amines) is 1. The molecule has 2 aliphatic rings. The van der Waals surface area contributed by atoms with Gasteiger partial charge in [-0.3, -0.25) is 4.79 Å². The van der Waals surface area contributed by atoms with Crippen LogP contribution in [0.3, 0.4) is 0 Å². The van der Waals surface area contributed by atoms with E-state index in [0.717, 1.165) is 42.8 Å². The number of benzene rings is 2. The number of nitrogens with one attached hydrogen (secondary N) is 1. The number of amides is 1. The zero-order valence-electron chi connectivity index (χ0n) is 21.0. The van der Waals surface area contributed by atoms with Crippen LogP contribution in [0.1, 0.15) is 47.7 Å². The summed E-state index contributed by atoms with van der Waals surface area (Å²) in [5.74, 6) is 0.842. The third-order valence-electron chi connectivity index (χ3n) is 7.65. The summed E-state index contributed by atoms with van der Waals surface area (Å²) in [4.78, 5) is 27.6. The molecule has 2 aliphatic heterocycles. The molecule has 1 fully saturated rings. The van der Waals surface area contributed by atoms with E-state index in [1.807, 2.05) is 47.5 Å². The molecule has 4 atom stereocenters. The number of piperidine rings is 1. The Labute approximate surface area is 213 Å². The van der Waals surface area contributed by atoms with E-state index in [2.05, 4.69) is 53.4 Å². The Kier molecular flexibility index (Phi) is 7.30. The minimum absolute atomic E-state index is 0.0381. The summed E-state index contributed by atoms with van der Waals surface area (Å²) in [5.41, 5.74) is 4.17. The number of likely N-dealkylation sites (N-methyl/N-ethyl adjacent to an activating group) is 1. The molecule has 188 valence electrons. The topological polar surface area (TPSA) is 81.6 Å². The van der Waals surface area contributed by atoms with Crippen molar-refractivity contribution in [1.82, 2.24) is 19.8 Å². The van der Waals surface area contributed by atoms with Crippen molar-refractivity contribution in [3.63, 3.8) is 0 Å². The number of hydrogen-bond donors (Lipinski definition) is 2. The van der Waals surface area contributed by atoms with Crippen LogP contribution in [0.5, 0.6) is 0 Å². The largest absolute Gasteiger partial charge is 0.394 e. The van der Waals surface area contributed by atoms with E-state index >= 15 is 0 Å². The molecule has 2 N–H and O–H groups in total. The number of aliphatic hydroxyl groups is 1. The second-order valence-electron chi connectivity index (χ2n) is 10.1. The molecular formula is C29H35N5O2. The number of nitrogens with zero attached hydrogens (tertiary/aromatic N) is 4. The zero-order valence-corrected chi connectivity index (χ0v) is 21.0. The highest BCUT2D eigenvalue weighted by molar-refractivity contribution is 5.80. The summed E-state index contributed by atoms with van der Waals surface area (Å²) in [6.07, 6.45) is 3.47. The fourth-order valence-electron chi connectivity index (χ4n) is 5.60. The first-order chi connectivity index (χ1) is 17.5. The van der Waals surface area contributed by atoms with Gasteiger partial charge in [-0.05, 0) is 50.0 Å². The van der Waals surface area contributed by atoms with Gasteiger partial charge in [0.2, 0.25) is 11.9 Å². The molecule has 0 unspecified atom stereocenters. The quantitative estimate of drug-likeness (QED) is 0.555. The highest BCUT2D eigenvalue weighted by Crippen LogP contribution is 2.35. The molecule has 0 spiro atoms. The first-order valence-corrected chi connectivity index (χ1v) is 12.8. The molecule has 0 saturated carbocycles. The second-order valence-corrected chi connectivity index (χ2v) is 10.1. The third-order valence-corrected chi connectivity index (χ3v) is 7.65. The molecule has 36 heavy (non-hydrogen) atoms. The molecule has 1 amide bonds. The van der Waals surface area contributed by atoms with E-state index in [9.17, 15) is 9.90 Å². The van der Waals surface area contributed by atoms with Gasteiger partial charge in [0.25, 0.3) is 0 Å². The summed E-state index contributed by atoms with van der Waals surface area (Å²) in [6, 6.07) is 20.0. The van der Waals surface area contributed by atoms with Crippen molar-refractivity contribution in [3.8, 4) is 0 Å². The molecule has 5 rings (SSSR count). The smallest absolute Gasteiger partial charge is 0.227 e. The van der Waals surface area contributed by atoms with Crippen molar-refractivity contribution in [3.05, 3.63) is 89.2 Å². The first kappa shape index (κ1) is 24.4. The Morgan fingerprint density at radius 1 is 1.14 bits per heavy atom. The van der Waals surface area contributed by atoms with Gasteiger partial charge >= 0.3 is 0 Å². The molecule has 1 saturated heterocycles. The van der Waals surface area contributed by atoms with Crippen molar-refractivity contribution in [2.24, 2.45) is 5.92 Å². The van der Waals surface area contributed by atoms with Crippen LogP contribution in [0.2, 0.25) is 0 Å². The van der Waals surface area contributed by atoms with Gasteiger partial charge in [0.05, 0.1) is 24.9 Å². The lowest BCUT2D eigenvalue weighted by Crippen LogP contribution is -2.50. The van der Waals surface area contributed by atoms with E-state index in [-0.39, 0.29) is 36.4 Å². The predicted octanol–water partition coefficient (Wildman–Crippen LogP) is 3.63. The maximum atomic E-state index is 14.0. The number of fused-ring (bicyclic) bond motifs is 1. The predicted molar refractivity (Wildman–Crippen MR) is 140 cm³/mol. The summed E-state index contributed by atoms with van der Waals surface area (Å²) in [5, 5.41) is 13.2. The van der Waals surface area contributed by atoms with Crippen LogP contribution in [0, 0.1) is 5.92 Å². The number of aliphatic hydroxyl groups excluding tert-OH is 1. The Bertz CT molecular complexity index is 1170. The van der Waals surface area contributed by atoms with Crippen LogP contribution in [0.15, 0.2) is 66.9 Å². The van der Waals surface area contributed by atoms with Crippen LogP contribution >= 0.6 is 0 Å². The minimum Gasteiger partial charge on any atom is -0.394 e. The van der Waals surface area contributed by atoms with E-state index in [4.69, 9.17) is 4.98 Å². The molecule has 0 bridgehead atoms. The lowest BCUT2D eigenvalue weighted by Gasteiger charge is -2.42. The number of anilines is 1. The Hall–Kier alpha value is -3.29. The maximum Gasteiger partial charge on any atom is 0.227 e. The Morgan fingerprint density at radius 2 is 1.86 bits per heavy atom. The van der Waals surface area contributed by atoms with Crippen molar-refractivity contribution < 1.29 is 9.90 Å². The lowest BCUT2D eigenvalue weighted by molar-refractivity contribution is -0.141. The maximum absolute atomic E-state index is 14.0. The molecule has 7 nitrogen and oxygen atoms in total. The van der Waals surface area contributed by atoms with Gasteiger partial charge in [-0.2, -0.15) is 0 Å². The van der Waals surface area contributed by atoms with Crippen LogP contribution in [0.25, 0.3) is 0 Å². The summed E-state index contributed by atoms with van der Waals surface area (Å²) in [7, 11) is 2.14. The molecule has 7 heteroatoms. The van der Waals surface area contributed by atoms with Gasteiger partial charge in [0.1, 0.15) is 0 Å². The first-order valence-electron chi connectivity index (χ1n) is 12.8. The van der Waals surface area contributed by atoms with Crippen LogP contribution in [-0.2, 0) is 17.8 Å². The third kappa shape index (κ3) is 5.13. The van der Waals surface area contributed by atoms with Crippen LogP contribution < -0.4 is 5.32 Å². The molecule has 0 radical (unpaired) electrons. The summed E-state index contributed by atoms with van der Waals surface area (Å²) in [6.45, 7) is 4.35. The number of rotatable bonds is 6. The van der Waals surface area contributed by atoms with Crippen LogP contribution in [0.4, 0.5) is 5.95 Å². The second kappa shape index (κ2) is 10.8. The minimum atomic E-state index is -0.296. The van der Waals surface area contributed by atoms with Crippen molar-refractivity contribution in [2.45, 2.75) is 44.3 Å². The van der Waals surface area contributed by atoms with Crippen molar-refractivity contribution in [2.75, 3.05) is 32.1 Å². The molecule has 3 aromatic rings. The molecule has 1 aromatic heterocycles. The van der Waals surface area contributed by atoms with Crippen LogP contribution in [-0.4, -0.2) is 63.6 Å². The van der Waals surface area contributed by atoms with E-state index in [1.165, 1.54) is 5.56 Å². The van der Waals surface area contributed by atoms with Gasteiger partial charge < -0.3 is 20.2 Å². The molecule has 3 heterocycles. The standard InChI is InChI=1S/C29H35N5O2/c1-20-15-23-16-30-29(32-27(19-35)22-11-7-4-8-12-22)31-26(23)18-34(20)28(36)24-13-14-33(2)17-25(24)21-9-5-3-6-10-21/h3-12,16,20,24-25,27,35H,13-15,17-19H2,1-2H3,(H,30,31,32)/t20-,24+,25-,27-/m1/s1. The average molecular weight is 486 g/mol. The normalized spacial score (nSPS) is 23.1. The number of hydrogen-bond acceptors (Lipinski definition) is 6. The summed E-state index contributed by atoms with van der Waals surface area (Å²) >= 11 is 0. The van der Waals surface area contributed by atoms with Gasteiger partial charge in [-0.1, -0.05) is 60.7 Å². The zero-order chi connectivity index (χ0) is 25.1. The number of aromatic nitrogens is 2. The number of carbonyl (C=O) groups is 1. The summed E-state index contributed by atoms with van der Waals surface area (Å²) < 4.78 is 0.